The van der Waals surface area contributed by atoms with E-state index >= 15 is 0 Å². The van der Waals surface area contributed by atoms with E-state index in [1.807, 2.05) is 0 Å². The molecule has 302 valence electrons. The van der Waals surface area contributed by atoms with Crippen LogP contribution in [-0.2, 0) is 10.8 Å². The van der Waals surface area contributed by atoms with E-state index in [1.165, 1.54) is 132 Å². The zero-order valence-corrected chi connectivity index (χ0v) is 36.1. The molecule has 15 rings (SSSR count). The predicted molar refractivity (Wildman–Crippen MR) is 268 cm³/mol. The molecule has 64 heavy (non-hydrogen) atoms. The zero-order chi connectivity index (χ0) is 42.4. The van der Waals surface area contributed by atoms with Crippen molar-refractivity contribution in [1.29, 1.82) is 0 Å². The summed E-state index contributed by atoms with van der Waals surface area (Å²) in [5.41, 5.74) is 19.7. The second-order valence-electron chi connectivity index (χ2n) is 19.3. The van der Waals surface area contributed by atoms with Crippen LogP contribution >= 0.6 is 0 Å². The summed E-state index contributed by atoms with van der Waals surface area (Å²) in [5, 5.41) is 10.3. The van der Waals surface area contributed by atoms with Crippen LogP contribution in [0.5, 0.6) is 0 Å². The van der Waals surface area contributed by atoms with Gasteiger partial charge < -0.3 is 18.3 Å². The van der Waals surface area contributed by atoms with Crippen LogP contribution in [0.3, 0.4) is 0 Å². The number of fused-ring (bicyclic) bond motifs is 17. The van der Waals surface area contributed by atoms with E-state index < -0.39 is 0 Å². The van der Waals surface area contributed by atoms with E-state index in [9.17, 15) is 0 Å². The van der Waals surface area contributed by atoms with Crippen molar-refractivity contribution in [1.82, 2.24) is 18.3 Å². The molecule has 0 atom stereocenters. The van der Waals surface area contributed by atoms with Gasteiger partial charge in [0.1, 0.15) is 0 Å². The van der Waals surface area contributed by atoms with Crippen LogP contribution in [0, 0.1) is 0 Å². The van der Waals surface area contributed by atoms with Gasteiger partial charge in [-0.15, -0.1) is 0 Å². The Morgan fingerprint density at radius 2 is 0.750 bits per heavy atom. The van der Waals surface area contributed by atoms with Gasteiger partial charge in [0, 0.05) is 65.3 Å². The molecule has 4 nitrogen and oxygen atoms in total. The van der Waals surface area contributed by atoms with Crippen molar-refractivity contribution in [2.75, 3.05) is 0 Å². The van der Waals surface area contributed by atoms with Crippen molar-refractivity contribution in [3.8, 4) is 22.7 Å². The van der Waals surface area contributed by atoms with Crippen molar-refractivity contribution in [2.45, 2.75) is 38.5 Å². The molecule has 0 bridgehead atoms. The largest absolute Gasteiger partial charge is 0.309 e. The fraction of sp³-hybridized carbons (Fsp3) is 0.100. The third-order valence-electron chi connectivity index (χ3n) is 15.5. The van der Waals surface area contributed by atoms with Gasteiger partial charge >= 0.3 is 0 Å². The molecule has 0 fully saturated rings. The number of para-hydroxylation sites is 6. The van der Waals surface area contributed by atoms with Crippen LogP contribution < -0.4 is 0 Å². The molecule has 0 spiro atoms. The number of benzene rings is 9. The SMILES string of the molecule is CC1(C)c2ccccc2-n2c3ccc(-n4c5ccccc5c5ccccc54)cc3c3cc4c(c1c32)c1cc(-n2c3ccccc3c3ccccc32)cc2c1n4-c1ccccc1C2(C)C. The Labute approximate surface area is 369 Å². The first-order valence-electron chi connectivity index (χ1n) is 22.6. The molecule has 9 aromatic carbocycles. The van der Waals surface area contributed by atoms with Gasteiger partial charge in [-0.05, 0) is 95.1 Å². The highest BCUT2D eigenvalue weighted by Crippen LogP contribution is 2.56. The Bertz CT molecular complexity index is 4150. The second kappa shape index (κ2) is 11.6. The zero-order valence-electron chi connectivity index (χ0n) is 36.1. The summed E-state index contributed by atoms with van der Waals surface area (Å²) in [6, 6.07) is 68.5. The summed E-state index contributed by atoms with van der Waals surface area (Å²) >= 11 is 0. The van der Waals surface area contributed by atoms with Crippen LogP contribution in [-0.4, -0.2) is 18.3 Å². The Kier molecular flexibility index (Phi) is 6.29. The molecule has 0 saturated carbocycles. The van der Waals surface area contributed by atoms with Gasteiger partial charge in [0.15, 0.2) is 0 Å². The first-order valence-corrected chi connectivity index (χ1v) is 22.6. The lowest BCUT2D eigenvalue weighted by Gasteiger charge is -2.35. The Balaban J connectivity index is 1.15. The lowest BCUT2D eigenvalue weighted by Crippen LogP contribution is -2.26. The summed E-state index contributed by atoms with van der Waals surface area (Å²) in [5.74, 6) is 0. The maximum absolute atomic E-state index is 2.63. The van der Waals surface area contributed by atoms with Gasteiger partial charge in [-0.1, -0.05) is 137 Å². The number of rotatable bonds is 2. The average molecular weight is 819 g/mol. The Hall–Kier alpha value is -7.82. The molecule has 0 unspecified atom stereocenters. The van der Waals surface area contributed by atoms with Crippen molar-refractivity contribution in [3.63, 3.8) is 0 Å². The fourth-order valence-corrected chi connectivity index (χ4v) is 12.7. The van der Waals surface area contributed by atoms with Crippen LogP contribution in [0.1, 0.15) is 49.9 Å². The average Bonchev–Trinajstić information content (AvgIpc) is 4.05. The van der Waals surface area contributed by atoms with Gasteiger partial charge in [0.05, 0.1) is 55.5 Å². The number of nitrogens with zero attached hydrogens (tertiary/aromatic N) is 4. The molecule has 0 aliphatic carbocycles. The highest BCUT2D eigenvalue weighted by atomic mass is 15.0. The minimum absolute atomic E-state index is 0.258. The van der Waals surface area contributed by atoms with Crippen LogP contribution in [0.2, 0.25) is 0 Å². The molecule has 2 aliphatic heterocycles. The van der Waals surface area contributed by atoms with Crippen LogP contribution in [0.4, 0.5) is 0 Å². The van der Waals surface area contributed by atoms with E-state index in [0.29, 0.717) is 0 Å². The van der Waals surface area contributed by atoms with E-state index in [0.717, 1.165) is 0 Å². The van der Waals surface area contributed by atoms with Gasteiger partial charge in [-0.3, -0.25) is 0 Å². The first kappa shape index (κ1) is 34.7. The molecular weight excluding hydrogens is 777 g/mol. The molecule has 4 aromatic heterocycles. The lowest BCUT2D eigenvalue weighted by molar-refractivity contribution is 0.629. The summed E-state index contributed by atoms with van der Waals surface area (Å²) in [4.78, 5) is 0. The lowest BCUT2D eigenvalue weighted by atomic mass is 9.72. The third kappa shape index (κ3) is 4.02. The van der Waals surface area contributed by atoms with E-state index in [2.05, 4.69) is 228 Å². The van der Waals surface area contributed by atoms with Crippen molar-refractivity contribution in [2.24, 2.45) is 0 Å². The summed E-state index contributed by atoms with van der Waals surface area (Å²) < 4.78 is 10.2. The maximum Gasteiger partial charge on any atom is 0.0589 e. The van der Waals surface area contributed by atoms with Crippen molar-refractivity contribution in [3.05, 3.63) is 204 Å². The Morgan fingerprint density at radius 3 is 1.33 bits per heavy atom. The minimum Gasteiger partial charge on any atom is -0.309 e. The number of hydrogen-bond donors (Lipinski definition) is 0. The van der Waals surface area contributed by atoms with Crippen molar-refractivity contribution >= 4 is 87.2 Å². The molecule has 0 radical (unpaired) electrons. The smallest absolute Gasteiger partial charge is 0.0589 e. The minimum atomic E-state index is -0.320. The summed E-state index contributed by atoms with van der Waals surface area (Å²) in [6.45, 7) is 9.78. The number of aromatic nitrogens is 4. The third-order valence-corrected chi connectivity index (χ3v) is 15.5. The molecule has 0 N–H and O–H groups in total. The summed E-state index contributed by atoms with van der Waals surface area (Å²) in [6.07, 6.45) is 0. The molecular formula is C60H42N4. The molecule has 0 saturated heterocycles. The topological polar surface area (TPSA) is 19.7 Å². The molecule has 2 aliphatic rings. The fourth-order valence-electron chi connectivity index (χ4n) is 12.7. The van der Waals surface area contributed by atoms with Gasteiger partial charge in [0.2, 0.25) is 0 Å². The van der Waals surface area contributed by atoms with Crippen LogP contribution in [0.25, 0.3) is 110 Å². The molecule has 4 heteroatoms. The van der Waals surface area contributed by atoms with Crippen LogP contribution in [0.15, 0.2) is 182 Å². The van der Waals surface area contributed by atoms with Gasteiger partial charge in [0.25, 0.3) is 0 Å². The van der Waals surface area contributed by atoms with Crippen molar-refractivity contribution < 1.29 is 0 Å². The quantitative estimate of drug-likeness (QED) is 0.166. The van der Waals surface area contributed by atoms with Gasteiger partial charge in [-0.2, -0.15) is 0 Å². The highest BCUT2D eigenvalue weighted by molar-refractivity contribution is 6.24. The molecule has 0 amide bonds. The predicted octanol–water partition coefficient (Wildman–Crippen LogP) is 15.4. The highest BCUT2D eigenvalue weighted by Gasteiger charge is 2.41. The second-order valence-corrected chi connectivity index (χ2v) is 19.3. The number of hydrogen-bond acceptors (Lipinski definition) is 0. The summed E-state index contributed by atoms with van der Waals surface area (Å²) in [7, 11) is 0. The maximum atomic E-state index is 2.63. The first-order chi connectivity index (χ1) is 31.3. The van der Waals surface area contributed by atoms with Gasteiger partial charge in [-0.25, -0.2) is 0 Å². The van der Waals surface area contributed by atoms with E-state index in [-0.39, 0.29) is 10.8 Å². The standard InChI is InChI=1S/C60H42N4/c1-59(2)44-21-9-15-27-52(44)64-54-34-42-41-31-35(61-47-23-11-5-17-37(47)38-18-6-12-24-48(38)61)29-30-51(41)63-53-28-16-10-22-45(53)60(3,4)56(58(42)63)55(54)43-32-36(33-46(59)57(43)64)62-49-25-13-7-19-39(49)40-20-8-14-26-50(40)62/h5-34H,1-4H3. The Morgan fingerprint density at radius 1 is 0.297 bits per heavy atom. The molecule has 13 aromatic rings. The van der Waals surface area contributed by atoms with E-state index in [4.69, 9.17) is 0 Å². The normalized spacial score (nSPS) is 14.8. The monoisotopic (exact) mass is 818 g/mol. The van der Waals surface area contributed by atoms with E-state index in [1.54, 1.807) is 0 Å². The molecule has 6 heterocycles.